The van der Waals surface area contributed by atoms with Crippen LogP contribution < -0.4 is 10.6 Å². The Morgan fingerprint density at radius 3 is 2.85 bits per heavy atom. The molecule has 0 unspecified atom stereocenters. The molecule has 0 bridgehead atoms. The minimum atomic E-state index is -0.0330. The molecule has 1 fully saturated rings. The van der Waals surface area contributed by atoms with Crippen molar-refractivity contribution in [2.45, 2.75) is 37.4 Å². The van der Waals surface area contributed by atoms with Gasteiger partial charge in [-0.15, -0.1) is 0 Å². The number of thioether (sulfide) groups is 1. The summed E-state index contributed by atoms with van der Waals surface area (Å²) in [5.74, 6) is -0.0330. The average Bonchev–Trinajstić information content (AvgIpc) is 2.95. The molecule has 1 saturated carbocycles. The van der Waals surface area contributed by atoms with Crippen molar-refractivity contribution in [2.24, 2.45) is 0 Å². The van der Waals surface area contributed by atoms with Gasteiger partial charge in [0, 0.05) is 30.2 Å². The number of aromatic nitrogens is 1. The van der Waals surface area contributed by atoms with E-state index in [4.69, 9.17) is 0 Å². The second-order valence-corrected chi connectivity index (χ2v) is 6.50. The van der Waals surface area contributed by atoms with Gasteiger partial charge in [-0.3, -0.25) is 9.78 Å². The molecule has 0 spiro atoms. The highest BCUT2D eigenvalue weighted by Crippen LogP contribution is 2.39. The van der Waals surface area contributed by atoms with Crippen molar-refractivity contribution in [2.75, 3.05) is 24.7 Å². The fourth-order valence-corrected chi connectivity index (χ4v) is 3.64. The van der Waals surface area contributed by atoms with E-state index in [1.807, 2.05) is 24.8 Å². The molecule has 4 nitrogen and oxygen atoms in total. The molecular formula is C15H23N3OS. The highest BCUT2D eigenvalue weighted by Gasteiger charge is 2.33. The van der Waals surface area contributed by atoms with Crippen LogP contribution in [-0.2, 0) is 0 Å². The molecule has 5 heteroatoms. The van der Waals surface area contributed by atoms with Crippen molar-refractivity contribution >= 4 is 23.4 Å². The standard InChI is InChI=1S/C15H23N3OS/c1-3-17-13-6-9-16-10-12(13)14(19)18-11-15(20-2)7-4-5-8-15/h6,9-10H,3-5,7-8,11H2,1-2H3,(H,16,17)(H,18,19). The summed E-state index contributed by atoms with van der Waals surface area (Å²) in [5.41, 5.74) is 1.48. The van der Waals surface area contributed by atoms with Gasteiger partial charge in [0.25, 0.3) is 5.91 Å². The molecule has 110 valence electrons. The summed E-state index contributed by atoms with van der Waals surface area (Å²) >= 11 is 1.89. The monoisotopic (exact) mass is 293 g/mol. The molecule has 1 heterocycles. The van der Waals surface area contributed by atoms with Crippen LogP contribution in [0.1, 0.15) is 43.0 Å². The Labute approximate surface area is 125 Å². The van der Waals surface area contributed by atoms with Crippen molar-refractivity contribution in [1.29, 1.82) is 0 Å². The number of pyridine rings is 1. The van der Waals surface area contributed by atoms with Crippen LogP contribution >= 0.6 is 11.8 Å². The summed E-state index contributed by atoms with van der Waals surface area (Å²) in [5, 5.41) is 6.29. The summed E-state index contributed by atoms with van der Waals surface area (Å²) in [6, 6.07) is 1.85. The van der Waals surface area contributed by atoms with Gasteiger partial charge in [0.05, 0.1) is 11.3 Å². The third-order valence-electron chi connectivity index (χ3n) is 3.95. The lowest BCUT2D eigenvalue weighted by atomic mass is 10.1. The van der Waals surface area contributed by atoms with Crippen molar-refractivity contribution in [3.05, 3.63) is 24.0 Å². The first-order valence-electron chi connectivity index (χ1n) is 7.22. The van der Waals surface area contributed by atoms with Crippen molar-refractivity contribution in [3.8, 4) is 0 Å². The van der Waals surface area contributed by atoms with Gasteiger partial charge in [-0.05, 0) is 32.1 Å². The lowest BCUT2D eigenvalue weighted by Gasteiger charge is -2.27. The Morgan fingerprint density at radius 1 is 1.45 bits per heavy atom. The molecule has 0 aliphatic heterocycles. The number of carbonyl (C=O) groups excluding carboxylic acids is 1. The molecule has 1 amide bonds. The SMILES string of the molecule is CCNc1ccncc1C(=O)NCC1(SC)CCCC1. The lowest BCUT2D eigenvalue weighted by Crippen LogP contribution is -2.38. The van der Waals surface area contributed by atoms with E-state index in [0.717, 1.165) is 18.8 Å². The quantitative estimate of drug-likeness (QED) is 0.847. The van der Waals surface area contributed by atoms with E-state index in [2.05, 4.69) is 21.9 Å². The van der Waals surface area contributed by atoms with Crippen LogP contribution in [0.3, 0.4) is 0 Å². The van der Waals surface area contributed by atoms with Gasteiger partial charge in [-0.25, -0.2) is 0 Å². The summed E-state index contributed by atoms with van der Waals surface area (Å²) in [6.45, 7) is 3.55. The fourth-order valence-electron chi connectivity index (χ4n) is 2.73. The highest BCUT2D eigenvalue weighted by atomic mass is 32.2. The molecule has 0 saturated heterocycles. The highest BCUT2D eigenvalue weighted by molar-refractivity contribution is 8.00. The molecule has 0 aromatic carbocycles. The zero-order valence-electron chi connectivity index (χ0n) is 12.2. The normalized spacial score (nSPS) is 16.9. The van der Waals surface area contributed by atoms with Gasteiger partial charge < -0.3 is 10.6 Å². The molecule has 2 N–H and O–H groups in total. The predicted molar refractivity (Wildman–Crippen MR) is 85.4 cm³/mol. The minimum absolute atomic E-state index is 0.0330. The Balaban J connectivity index is 2.01. The van der Waals surface area contributed by atoms with Gasteiger partial charge in [0.1, 0.15) is 0 Å². The Bertz CT molecular complexity index is 458. The first kappa shape index (κ1) is 15.2. The second-order valence-electron chi connectivity index (χ2n) is 5.23. The van der Waals surface area contributed by atoms with Crippen molar-refractivity contribution < 1.29 is 4.79 Å². The third-order valence-corrected chi connectivity index (χ3v) is 5.37. The number of nitrogens with zero attached hydrogens (tertiary/aromatic N) is 1. The van der Waals surface area contributed by atoms with Gasteiger partial charge in [0.15, 0.2) is 0 Å². The zero-order chi connectivity index (χ0) is 14.4. The number of carbonyl (C=O) groups is 1. The van der Waals surface area contributed by atoms with Crippen LogP contribution in [-0.4, -0.2) is 35.0 Å². The van der Waals surface area contributed by atoms with Crippen molar-refractivity contribution in [1.82, 2.24) is 10.3 Å². The largest absolute Gasteiger partial charge is 0.385 e. The lowest BCUT2D eigenvalue weighted by molar-refractivity contribution is 0.0950. The Hall–Kier alpha value is -1.23. The number of nitrogens with one attached hydrogen (secondary N) is 2. The summed E-state index contributed by atoms with van der Waals surface area (Å²) in [4.78, 5) is 16.4. The first-order chi connectivity index (χ1) is 9.71. The van der Waals surface area contributed by atoms with Crippen LogP contribution in [0.25, 0.3) is 0 Å². The molecule has 1 aliphatic rings. The molecule has 1 aliphatic carbocycles. The Morgan fingerprint density at radius 2 is 2.20 bits per heavy atom. The molecule has 0 atom stereocenters. The van der Waals surface area contributed by atoms with E-state index < -0.39 is 0 Å². The van der Waals surface area contributed by atoms with E-state index in [1.165, 1.54) is 25.7 Å². The smallest absolute Gasteiger partial charge is 0.255 e. The number of hydrogen-bond acceptors (Lipinski definition) is 4. The molecule has 20 heavy (non-hydrogen) atoms. The maximum atomic E-state index is 12.4. The summed E-state index contributed by atoms with van der Waals surface area (Å²) < 4.78 is 0.232. The minimum Gasteiger partial charge on any atom is -0.385 e. The third kappa shape index (κ3) is 3.45. The van der Waals surface area contributed by atoms with Gasteiger partial charge in [-0.2, -0.15) is 11.8 Å². The van der Waals surface area contributed by atoms with Gasteiger partial charge in [0.2, 0.25) is 0 Å². The average molecular weight is 293 g/mol. The van der Waals surface area contributed by atoms with E-state index in [-0.39, 0.29) is 10.7 Å². The van der Waals surface area contributed by atoms with Crippen molar-refractivity contribution in [3.63, 3.8) is 0 Å². The van der Waals surface area contributed by atoms with E-state index in [0.29, 0.717) is 5.56 Å². The molecule has 2 rings (SSSR count). The van der Waals surface area contributed by atoms with Crippen LogP contribution in [0.5, 0.6) is 0 Å². The molecule has 1 aromatic rings. The van der Waals surface area contributed by atoms with Crippen LogP contribution in [0.4, 0.5) is 5.69 Å². The maximum Gasteiger partial charge on any atom is 0.255 e. The van der Waals surface area contributed by atoms with E-state index >= 15 is 0 Å². The number of rotatable bonds is 6. The van der Waals surface area contributed by atoms with Crippen LogP contribution in [0, 0.1) is 0 Å². The van der Waals surface area contributed by atoms with Crippen LogP contribution in [0.2, 0.25) is 0 Å². The number of amides is 1. The van der Waals surface area contributed by atoms with Gasteiger partial charge in [-0.1, -0.05) is 12.8 Å². The fraction of sp³-hybridized carbons (Fsp3) is 0.600. The second kappa shape index (κ2) is 6.97. The molecular weight excluding hydrogens is 270 g/mol. The topological polar surface area (TPSA) is 54.0 Å². The molecule has 1 aromatic heterocycles. The summed E-state index contributed by atoms with van der Waals surface area (Å²) in [7, 11) is 0. The first-order valence-corrected chi connectivity index (χ1v) is 8.44. The Kier molecular flexibility index (Phi) is 5.29. The van der Waals surface area contributed by atoms with E-state index in [1.54, 1.807) is 12.4 Å². The number of hydrogen-bond donors (Lipinski definition) is 2. The predicted octanol–water partition coefficient (Wildman–Crippen LogP) is 2.92. The number of anilines is 1. The van der Waals surface area contributed by atoms with Crippen LogP contribution in [0.15, 0.2) is 18.5 Å². The maximum absolute atomic E-state index is 12.4. The van der Waals surface area contributed by atoms with E-state index in [9.17, 15) is 4.79 Å². The summed E-state index contributed by atoms with van der Waals surface area (Å²) in [6.07, 6.45) is 10.4. The van der Waals surface area contributed by atoms with Gasteiger partial charge >= 0.3 is 0 Å². The molecule has 0 radical (unpaired) electrons. The zero-order valence-corrected chi connectivity index (χ0v) is 13.1.